The van der Waals surface area contributed by atoms with Crippen molar-refractivity contribution in [3.05, 3.63) is 23.6 Å². The van der Waals surface area contributed by atoms with Gasteiger partial charge < -0.3 is 20.6 Å². The van der Waals surface area contributed by atoms with E-state index in [1.807, 2.05) is 6.07 Å². The SMILES string of the molecule is CN1CCN([C@@H]2C[C@@H]3CN(c4cc(Sc5cccs5)nc(N)n4)C[C@@H]3C[C@H]2O)CC1. The van der Waals surface area contributed by atoms with Gasteiger partial charge in [0.05, 0.1) is 10.3 Å². The summed E-state index contributed by atoms with van der Waals surface area (Å²) in [5.41, 5.74) is 6.05. The van der Waals surface area contributed by atoms with Crippen LogP contribution in [0.15, 0.2) is 32.8 Å². The van der Waals surface area contributed by atoms with E-state index in [0.717, 1.165) is 63.0 Å². The van der Waals surface area contributed by atoms with Crippen molar-refractivity contribution in [2.24, 2.45) is 11.8 Å². The zero-order valence-electron chi connectivity index (χ0n) is 17.4. The van der Waals surface area contributed by atoms with E-state index in [1.54, 1.807) is 23.1 Å². The normalized spacial score (nSPS) is 30.5. The van der Waals surface area contributed by atoms with E-state index >= 15 is 0 Å². The first-order chi connectivity index (χ1) is 14.5. The molecule has 30 heavy (non-hydrogen) atoms. The van der Waals surface area contributed by atoms with Crippen LogP contribution in [0.5, 0.6) is 0 Å². The molecule has 7 nitrogen and oxygen atoms in total. The molecule has 2 aromatic heterocycles. The van der Waals surface area contributed by atoms with Crippen LogP contribution in [-0.2, 0) is 0 Å². The van der Waals surface area contributed by atoms with Crippen LogP contribution in [0, 0.1) is 11.8 Å². The van der Waals surface area contributed by atoms with Gasteiger partial charge >= 0.3 is 0 Å². The van der Waals surface area contributed by atoms with E-state index in [9.17, 15) is 5.11 Å². The van der Waals surface area contributed by atoms with Gasteiger partial charge in [-0.1, -0.05) is 17.8 Å². The summed E-state index contributed by atoms with van der Waals surface area (Å²) < 4.78 is 1.20. The third-order valence-corrected chi connectivity index (χ3v) is 8.80. The molecular weight excluding hydrogens is 416 g/mol. The molecule has 2 aliphatic heterocycles. The first kappa shape index (κ1) is 20.5. The van der Waals surface area contributed by atoms with Crippen LogP contribution in [0.25, 0.3) is 0 Å². The third kappa shape index (κ3) is 4.31. The third-order valence-electron chi connectivity index (χ3n) is 6.85. The summed E-state index contributed by atoms with van der Waals surface area (Å²) >= 11 is 3.34. The lowest BCUT2D eigenvalue weighted by Gasteiger charge is -2.44. The molecule has 1 saturated carbocycles. The molecule has 0 unspecified atom stereocenters. The van der Waals surface area contributed by atoms with Gasteiger partial charge in [-0.25, -0.2) is 4.98 Å². The number of aliphatic hydroxyl groups is 1. The number of aliphatic hydroxyl groups excluding tert-OH is 1. The minimum absolute atomic E-state index is 0.227. The van der Waals surface area contributed by atoms with Gasteiger partial charge in [-0.15, -0.1) is 11.3 Å². The average Bonchev–Trinajstić information content (AvgIpc) is 3.37. The molecule has 3 fully saturated rings. The number of rotatable bonds is 4. The Labute approximate surface area is 186 Å². The topological polar surface area (TPSA) is 81.8 Å². The number of likely N-dealkylation sites (N-methyl/N-ethyl adjacent to an activating group) is 1. The molecule has 3 N–H and O–H groups in total. The summed E-state index contributed by atoms with van der Waals surface area (Å²) in [6, 6.07) is 6.50. The standard InChI is InChI=1S/C21H30N6OS2/c1-25-4-6-26(7-5-25)16-9-14-12-27(13-15(14)10-17(16)28)18-11-19(24-21(22)23-18)30-20-3-2-8-29-20/h2-3,8,11,14-17,28H,4-7,9-10,12-13H2,1H3,(H2,22,23,24)/t14-,15+,16-,17-/m1/s1. The molecule has 4 atom stereocenters. The number of nitrogens with two attached hydrogens (primary N) is 1. The second-order valence-electron chi connectivity index (χ2n) is 8.83. The van der Waals surface area contributed by atoms with Gasteiger partial charge in [-0.2, -0.15) is 4.98 Å². The van der Waals surface area contributed by atoms with E-state index in [1.165, 1.54) is 4.21 Å². The van der Waals surface area contributed by atoms with E-state index in [4.69, 9.17) is 5.73 Å². The fourth-order valence-corrected chi connectivity index (χ4v) is 6.93. The van der Waals surface area contributed by atoms with Gasteiger partial charge in [0.1, 0.15) is 10.8 Å². The molecule has 3 aliphatic rings. The van der Waals surface area contributed by atoms with Gasteiger partial charge in [-0.05, 0) is 43.2 Å². The van der Waals surface area contributed by atoms with Crippen molar-refractivity contribution in [3.8, 4) is 0 Å². The molecule has 2 saturated heterocycles. The number of piperazine rings is 1. The van der Waals surface area contributed by atoms with Gasteiger partial charge in [0.15, 0.2) is 0 Å². The molecule has 1 aliphatic carbocycles. The highest BCUT2D eigenvalue weighted by molar-refractivity contribution is 8.01. The van der Waals surface area contributed by atoms with Crippen molar-refractivity contribution in [1.82, 2.24) is 19.8 Å². The van der Waals surface area contributed by atoms with E-state index in [-0.39, 0.29) is 6.10 Å². The van der Waals surface area contributed by atoms with Gasteiger partial charge in [0.2, 0.25) is 5.95 Å². The Morgan fingerprint density at radius 3 is 2.63 bits per heavy atom. The Balaban J connectivity index is 1.28. The van der Waals surface area contributed by atoms with Crippen LogP contribution in [0.4, 0.5) is 11.8 Å². The number of nitrogen functional groups attached to an aromatic ring is 1. The van der Waals surface area contributed by atoms with Crippen LogP contribution in [-0.4, -0.2) is 83.3 Å². The molecule has 4 heterocycles. The summed E-state index contributed by atoms with van der Waals surface area (Å²) in [5, 5.41) is 13.9. The summed E-state index contributed by atoms with van der Waals surface area (Å²) in [4.78, 5) is 16.2. The molecular formula is C21H30N6OS2. The van der Waals surface area contributed by atoms with Crippen molar-refractivity contribution in [2.75, 3.05) is 56.9 Å². The zero-order chi connectivity index (χ0) is 20.7. The van der Waals surface area contributed by atoms with Crippen LogP contribution >= 0.6 is 23.1 Å². The number of hydrogen-bond acceptors (Lipinski definition) is 9. The molecule has 9 heteroatoms. The largest absolute Gasteiger partial charge is 0.391 e. The van der Waals surface area contributed by atoms with Crippen LogP contribution in [0.1, 0.15) is 12.8 Å². The van der Waals surface area contributed by atoms with Crippen molar-refractivity contribution >= 4 is 34.9 Å². The first-order valence-corrected chi connectivity index (χ1v) is 12.5. The highest BCUT2D eigenvalue weighted by atomic mass is 32.2. The molecule has 0 radical (unpaired) electrons. The smallest absolute Gasteiger partial charge is 0.223 e. The van der Waals surface area contributed by atoms with Gasteiger partial charge in [0.25, 0.3) is 0 Å². The summed E-state index contributed by atoms with van der Waals surface area (Å²) in [6.45, 7) is 6.23. The maximum atomic E-state index is 10.9. The van der Waals surface area contributed by atoms with E-state index < -0.39 is 0 Å². The number of thiophene rings is 1. The van der Waals surface area contributed by atoms with Gasteiger partial charge in [-0.3, -0.25) is 4.90 Å². The second kappa shape index (κ2) is 8.63. The van der Waals surface area contributed by atoms with Crippen LogP contribution in [0.3, 0.4) is 0 Å². The predicted octanol–water partition coefficient (Wildman–Crippen LogP) is 2.09. The Kier molecular flexibility index (Phi) is 5.90. The molecule has 0 spiro atoms. The number of anilines is 2. The average molecular weight is 447 g/mol. The Hall–Kier alpha value is -1.39. The Bertz CT molecular complexity index is 857. The van der Waals surface area contributed by atoms with Crippen molar-refractivity contribution < 1.29 is 5.11 Å². The fraction of sp³-hybridized carbons (Fsp3) is 0.619. The molecule has 0 aromatic carbocycles. The Morgan fingerprint density at radius 2 is 1.90 bits per heavy atom. The quantitative estimate of drug-likeness (QED) is 0.691. The van der Waals surface area contributed by atoms with E-state index in [0.29, 0.717) is 23.8 Å². The minimum Gasteiger partial charge on any atom is -0.391 e. The van der Waals surface area contributed by atoms with Crippen molar-refractivity contribution in [3.63, 3.8) is 0 Å². The fourth-order valence-electron chi connectivity index (χ4n) is 5.21. The number of hydrogen-bond donors (Lipinski definition) is 2. The maximum Gasteiger partial charge on any atom is 0.223 e. The second-order valence-corrected chi connectivity index (χ2v) is 11.1. The molecule has 2 aromatic rings. The Morgan fingerprint density at radius 1 is 1.13 bits per heavy atom. The number of nitrogens with zero attached hydrogens (tertiary/aromatic N) is 5. The highest BCUT2D eigenvalue weighted by Crippen LogP contribution is 2.40. The lowest BCUT2D eigenvalue weighted by atomic mass is 9.77. The molecule has 0 bridgehead atoms. The molecule has 5 rings (SSSR count). The highest BCUT2D eigenvalue weighted by Gasteiger charge is 2.44. The zero-order valence-corrected chi connectivity index (χ0v) is 19.0. The minimum atomic E-state index is -0.227. The van der Waals surface area contributed by atoms with Gasteiger partial charge in [0, 0.05) is 51.4 Å². The number of fused-ring (bicyclic) bond motifs is 1. The molecule has 162 valence electrons. The monoisotopic (exact) mass is 446 g/mol. The van der Waals surface area contributed by atoms with Crippen molar-refractivity contribution in [2.45, 2.75) is 34.2 Å². The lowest BCUT2D eigenvalue weighted by Crippen LogP contribution is -2.55. The van der Waals surface area contributed by atoms with Crippen molar-refractivity contribution in [1.29, 1.82) is 0 Å². The van der Waals surface area contributed by atoms with Crippen LogP contribution < -0.4 is 10.6 Å². The van der Waals surface area contributed by atoms with Crippen LogP contribution in [0.2, 0.25) is 0 Å². The lowest BCUT2D eigenvalue weighted by molar-refractivity contribution is -0.0249. The number of aromatic nitrogens is 2. The maximum absolute atomic E-state index is 10.9. The summed E-state index contributed by atoms with van der Waals surface area (Å²) in [5.74, 6) is 2.37. The molecule has 0 amide bonds. The summed E-state index contributed by atoms with van der Waals surface area (Å²) in [6.07, 6.45) is 1.73. The van der Waals surface area contributed by atoms with E-state index in [2.05, 4.69) is 49.2 Å². The first-order valence-electron chi connectivity index (χ1n) is 10.8. The summed E-state index contributed by atoms with van der Waals surface area (Å²) in [7, 11) is 2.18. The predicted molar refractivity (Wildman–Crippen MR) is 122 cm³/mol.